The van der Waals surface area contributed by atoms with Crippen LogP contribution < -0.4 is 5.32 Å². The van der Waals surface area contributed by atoms with Gasteiger partial charge in [-0.25, -0.2) is 0 Å². The van der Waals surface area contributed by atoms with Crippen LogP contribution in [0, 0.1) is 39.0 Å². The summed E-state index contributed by atoms with van der Waals surface area (Å²) in [6.45, 7) is 7.92. The van der Waals surface area contributed by atoms with E-state index in [4.69, 9.17) is 0 Å². The van der Waals surface area contributed by atoms with Gasteiger partial charge in [0.2, 0.25) is 0 Å². The molecule has 0 aromatic heterocycles. The quantitative estimate of drug-likeness (QED) is 0.672. The lowest BCUT2D eigenvalue weighted by Gasteiger charge is -2.10. The van der Waals surface area contributed by atoms with Crippen molar-refractivity contribution in [1.82, 2.24) is 0 Å². The van der Waals surface area contributed by atoms with Gasteiger partial charge in [-0.3, -0.25) is 4.79 Å². The first kappa shape index (κ1) is 16.5. The molecule has 0 saturated carbocycles. The molecule has 0 aliphatic heterocycles. The standard InChI is InChI=1S/C20H20N2O/c1-13-8-9-17(15(3)10-13)11-18(12-21)20(23)22-19-7-5-6-14(2)16(19)4/h5-11H,1-4H3,(H,22,23)/b18-11+. The minimum atomic E-state index is -0.388. The fraction of sp³-hybridized carbons (Fsp3) is 0.200. The molecule has 0 heterocycles. The summed E-state index contributed by atoms with van der Waals surface area (Å²) in [7, 11) is 0. The monoisotopic (exact) mass is 304 g/mol. The van der Waals surface area contributed by atoms with Crippen molar-refractivity contribution in [1.29, 1.82) is 5.26 Å². The summed E-state index contributed by atoms with van der Waals surface area (Å²) in [5.74, 6) is -0.388. The van der Waals surface area contributed by atoms with Gasteiger partial charge in [0.1, 0.15) is 11.6 Å². The summed E-state index contributed by atoms with van der Waals surface area (Å²) in [6.07, 6.45) is 1.63. The van der Waals surface area contributed by atoms with Crippen molar-refractivity contribution in [2.24, 2.45) is 0 Å². The number of hydrogen-bond acceptors (Lipinski definition) is 2. The second kappa shape index (κ2) is 6.93. The summed E-state index contributed by atoms with van der Waals surface area (Å²) < 4.78 is 0. The molecule has 2 aromatic carbocycles. The van der Waals surface area contributed by atoms with E-state index in [1.165, 1.54) is 0 Å². The number of benzene rings is 2. The van der Waals surface area contributed by atoms with Crippen LogP contribution in [0.5, 0.6) is 0 Å². The van der Waals surface area contributed by atoms with Gasteiger partial charge >= 0.3 is 0 Å². The van der Waals surface area contributed by atoms with Crippen molar-refractivity contribution in [3.05, 3.63) is 69.8 Å². The van der Waals surface area contributed by atoms with Crippen LogP contribution in [0.1, 0.15) is 27.8 Å². The second-order valence-electron chi connectivity index (χ2n) is 5.73. The molecule has 0 atom stereocenters. The molecule has 0 saturated heterocycles. The normalized spacial score (nSPS) is 11.0. The maximum atomic E-state index is 12.4. The van der Waals surface area contributed by atoms with Gasteiger partial charge in [0, 0.05) is 5.69 Å². The molecule has 0 spiro atoms. The summed E-state index contributed by atoms with van der Waals surface area (Å²) in [6, 6.07) is 13.6. The Kier molecular flexibility index (Phi) is 4.98. The average molecular weight is 304 g/mol. The van der Waals surface area contributed by atoms with E-state index in [1.54, 1.807) is 6.08 Å². The molecular weight excluding hydrogens is 284 g/mol. The zero-order chi connectivity index (χ0) is 17.0. The lowest BCUT2D eigenvalue weighted by atomic mass is 10.0. The third kappa shape index (κ3) is 3.87. The van der Waals surface area contributed by atoms with Crippen molar-refractivity contribution in [3.63, 3.8) is 0 Å². The SMILES string of the molecule is Cc1ccc(/C=C(\C#N)C(=O)Nc2cccc(C)c2C)c(C)c1. The molecule has 0 radical (unpaired) electrons. The van der Waals surface area contributed by atoms with Crippen LogP contribution in [0.15, 0.2) is 42.0 Å². The van der Waals surface area contributed by atoms with Crippen molar-refractivity contribution < 1.29 is 4.79 Å². The highest BCUT2D eigenvalue weighted by Crippen LogP contribution is 2.20. The Morgan fingerprint density at radius 3 is 2.48 bits per heavy atom. The molecule has 0 unspecified atom stereocenters. The molecule has 0 aliphatic carbocycles. The largest absolute Gasteiger partial charge is 0.321 e. The fourth-order valence-corrected chi connectivity index (χ4v) is 2.37. The zero-order valence-electron chi connectivity index (χ0n) is 13.9. The summed E-state index contributed by atoms with van der Waals surface area (Å²) in [4.78, 5) is 12.4. The van der Waals surface area contributed by atoms with Crippen molar-refractivity contribution >= 4 is 17.7 Å². The van der Waals surface area contributed by atoms with E-state index in [2.05, 4.69) is 5.32 Å². The molecule has 3 nitrogen and oxygen atoms in total. The van der Waals surface area contributed by atoms with E-state index < -0.39 is 0 Å². The van der Waals surface area contributed by atoms with Crippen LogP contribution in [-0.4, -0.2) is 5.91 Å². The number of nitrogens with zero attached hydrogens (tertiary/aromatic N) is 1. The number of anilines is 1. The van der Waals surface area contributed by atoms with E-state index in [0.29, 0.717) is 0 Å². The first-order valence-corrected chi connectivity index (χ1v) is 7.49. The molecule has 1 amide bonds. The van der Waals surface area contributed by atoms with Crippen molar-refractivity contribution in [2.45, 2.75) is 27.7 Å². The Morgan fingerprint density at radius 2 is 1.83 bits per heavy atom. The molecule has 0 aliphatic rings. The van der Waals surface area contributed by atoms with Gasteiger partial charge in [0.05, 0.1) is 0 Å². The highest BCUT2D eigenvalue weighted by Gasteiger charge is 2.12. The first-order valence-electron chi connectivity index (χ1n) is 7.49. The van der Waals surface area contributed by atoms with Gasteiger partial charge in [-0.2, -0.15) is 5.26 Å². The van der Waals surface area contributed by atoms with E-state index in [9.17, 15) is 10.1 Å². The molecule has 3 heteroatoms. The first-order chi connectivity index (χ1) is 10.9. The van der Waals surface area contributed by atoms with Crippen molar-refractivity contribution in [2.75, 3.05) is 5.32 Å². The van der Waals surface area contributed by atoms with E-state index in [0.717, 1.165) is 33.5 Å². The Morgan fingerprint density at radius 1 is 1.09 bits per heavy atom. The van der Waals surface area contributed by atoms with Crippen LogP contribution in [0.3, 0.4) is 0 Å². The van der Waals surface area contributed by atoms with Gasteiger partial charge in [-0.05, 0) is 62.1 Å². The minimum Gasteiger partial charge on any atom is -0.321 e. The average Bonchev–Trinajstić information content (AvgIpc) is 2.51. The number of carbonyl (C=O) groups excluding carboxylic acids is 1. The van der Waals surface area contributed by atoms with Crippen LogP contribution in [0.25, 0.3) is 6.08 Å². The summed E-state index contributed by atoms with van der Waals surface area (Å²) >= 11 is 0. The number of nitriles is 1. The number of rotatable bonds is 3. The maximum absolute atomic E-state index is 12.4. The molecule has 0 bridgehead atoms. The van der Waals surface area contributed by atoms with Gasteiger partial charge in [-0.1, -0.05) is 35.9 Å². The predicted octanol–water partition coefficient (Wildman–Crippen LogP) is 4.47. The lowest BCUT2D eigenvalue weighted by Crippen LogP contribution is -2.14. The minimum absolute atomic E-state index is 0.0952. The third-order valence-corrected chi connectivity index (χ3v) is 3.94. The zero-order valence-corrected chi connectivity index (χ0v) is 13.9. The molecule has 0 fully saturated rings. The van der Waals surface area contributed by atoms with E-state index >= 15 is 0 Å². The Balaban J connectivity index is 2.30. The molecule has 2 rings (SSSR count). The molecule has 1 N–H and O–H groups in total. The molecular formula is C20H20N2O. The van der Waals surface area contributed by atoms with E-state index in [-0.39, 0.29) is 11.5 Å². The number of aryl methyl sites for hydroxylation is 3. The summed E-state index contributed by atoms with van der Waals surface area (Å²) in [5, 5.41) is 12.1. The molecule has 23 heavy (non-hydrogen) atoms. The smallest absolute Gasteiger partial charge is 0.266 e. The lowest BCUT2D eigenvalue weighted by molar-refractivity contribution is -0.112. The van der Waals surface area contributed by atoms with Crippen LogP contribution in [-0.2, 0) is 4.79 Å². The second-order valence-corrected chi connectivity index (χ2v) is 5.73. The van der Waals surface area contributed by atoms with Gasteiger partial charge in [0.25, 0.3) is 5.91 Å². The summed E-state index contributed by atoms with van der Waals surface area (Å²) in [5.41, 5.74) is 6.00. The molecule has 2 aromatic rings. The van der Waals surface area contributed by atoms with Crippen LogP contribution in [0.2, 0.25) is 0 Å². The highest BCUT2D eigenvalue weighted by atomic mass is 16.1. The fourth-order valence-electron chi connectivity index (χ4n) is 2.37. The Bertz CT molecular complexity index is 826. The van der Waals surface area contributed by atoms with Gasteiger partial charge in [0.15, 0.2) is 0 Å². The van der Waals surface area contributed by atoms with Gasteiger partial charge < -0.3 is 5.32 Å². The number of amides is 1. The number of hydrogen-bond donors (Lipinski definition) is 1. The number of nitrogens with one attached hydrogen (secondary N) is 1. The molecule has 116 valence electrons. The van der Waals surface area contributed by atoms with Crippen LogP contribution in [0.4, 0.5) is 5.69 Å². The maximum Gasteiger partial charge on any atom is 0.266 e. The highest BCUT2D eigenvalue weighted by molar-refractivity contribution is 6.10. The van der Waals surface area contributed by atoms with E-state index in [1.807, 2.05) is 70.2 Å². The topological polar surface area (TPSA) is 52.9 Å². The Labute approximate surface area is 137 Å². The van der Waals surface area contributed by atoms with Crippen LogP contribution >= 0.6 is 0 Å². The third-order valence-electron chi connectivity index (χ3n) is 3.94. The predicted molar refractivity (Wildman–Crippen MR) is 94.1 cm³/mol. The number of carbonyl (C=O) groups is 1. The Hall–Kier alpha value is -2.86. The van der Waals surface area contributed by atoms with Crippen molar-refractivity contribution in [3.8, 4) is 6.07 Å². The van der Waals surface area contributed by atoms with Gasteiger partial charge in [-0.15, -0.1) is 0 Å².